The monoisotopic (exact) mass is 277 g/mol. The molecule has 0 aliphatic carbocycles. The van der Waals surface area contributed by atoms with E-state index in [1.807, 2.05) is 13.8 Å². The van der Waals surface area contributed by atoms with Crippen LogP contribution in [-0.2, 0) is 9.53 Å². The van der Waals surface area contributed by atoms with Crippen LogP contribution in [0.5, 0.6) is 0 Å². The first-order chi connectivity index (χ1) is 9.47. The van der Waals surface area contributed by atoms with Crippen LogP contribution >= 0.6 is 0 Å². The molecule has 108 valence electrons. The Hall–Kier alpha value is -2.17. The van der Waals surface area contributed by atoms with E-state index in [4.69, 9.17) is 0 Å². The van der Waals surface area contributed by atoms with Gasteiger partial charge < -0.3 is 10.1 Å². The van der Waals surface area contributed by atoms with E-state index in [1.165, 1.54) is 7.11 Å². The van der Waals surface area contributed by atoms with E-state index in [0.29, 0.717) is 23.8 Å². The number of carbonyl (C=O) groups excluding carboxylic acids is 3. The van der Waals surface area contributed by atoms with Gasteiger partial charge in [-0.15, -0.1) is 0 Å². The summed E-state index contributed by atoms with van der Waals surface area (Å²) < 4.78 is 4.69. The highest BCUT2D eigenvalue weighted by Gasteiger charge is 2.23. The molecule has 0 heterocycles. The second-order valence-electron chi connectivity index (χ2n) is 4.92. The Labute approximate surface area is 118 Å². The normalized spacial score (nSPS) is 11.8. The van der Waals surface area contributed by atoms with Crippen molar-refractivity contribution in [2.45, 2.75) is 26.3 Å². The van der Waals surface area contributed by atoms with Crippen molar-refractivity contribution in [2.75, 3.05) is 7.11 Å². The minimum atomic E-state index is -0.668. The van der Waals surface area contributed by atoms with E-state index < -0.39 is 12.0 Å². The number of nitrogens with one attached hydrogen (secondary N) is 1. The summed E-state index contributed by atoms with van der Waals surface area (Å²) in [6.45, 7) is 3.92. The first-order valence-electron chi connectivity index (χ1n) is 6.41. The molecule has 20 heavy (non-hydrogen) atoms. The predicted molar refractivity (Wildman–Crippen MR) is 74.6 cm³/mol. The maximum absolute atomic E-state index is 12.0. The highest BCUT2D eigenvalue weighted by Crippen LogP contribution is 2.08. The summed E-state index contributed by atoms with van der Waals surface area (Å²) in [5.41, 5.74) is 0.890. The molecule has 0 aliphatic rings. The molecule has 0 fully saturated rings. The van der Waals surface area contributed by atoms with Crippen LogP contribution in [0.2, 0.25) is 0 Å². The number of methoxy groups -OCH3 is 1. The number of esters is 1. The van der Waals surface area contributed by atoms with Crippen molar-refractivity contribution in [1.82, 2.24) is 5.32 Å². The maximum atomic E-state index is 12.0. The summed E-state index contributed by atoms with van der Waals surface area (Å²) in [5.74, 6) is -0.577. The van der Waals surface area contributed by atoms with Crippen molar-refractivity contribution >= 4 is 18.2 Å². The second-order valence-corrected chi connectivity index (χ2v) is 4.92. The zero-order valence-electron chi connectivity index (χ0n) is 11.9. The summed E-state index contributed by atoms with van der Waals surface area (Å²) in [4.78, 5) is 34.2. The highest BCUT2D eigenvalue weighted by molar-refractivity contribution is 5.97. The molecular weight excluding hydrogens is 258 g/mol. The predicted octanol–water partition coefficient (Wildman–Crippen LogP) is 1.82. The molecule has 0 saturated carbocycles. The Morgan fingerprint density at radius 2 is 1.85 bits per heavy atom. The summed E-state index contributed by atoms with van der Waals surface area (Å²) in [5, 5.41) is 2.65. The van der Waals surface area contributed by atoms with Crippen LogP contribution in [0.4, 0.5) is 0 Å². The molecule has 1 rings (SSSR count). The largest absolute Gasteiger partial charge is 0.467 e. The molecule has 1 aromatic carbocycles. The number of carbonyl (C=O) groups is 3. The highest BCUT2D eigenvalue weighted by atomic mass is 16.5. The molecule has 0 saturated heterocycles. The molecule has 0 bridgehead atoms. The van der Waals surface area contributed by atoms with Crippen LogP contribution in [0.25, 0.3) is 0 Å². The van der Waals surface area contributed by atoms with Gasteiger partial charge in [-0.2, -0.15) is 0 Å². The van der Waals surface area contributed by atoms with Gasteiger partial charge >= 0.3 is 5.97 Å². The lowest BCUT2D eigenvalue weighted by Gasteiger charge is -2.18. The van der Waals surface area contributed by atoms with Crippen LogP contribution in [0.15, 0.2) is 24.3 Å². The van der Waals surface area contributed by atoms with Gasteiger partial charge in [0.1, 0.15) is 12.3 Å². The van der Waals surface area contributed by atoms with Gasteiger partial charge in [-0.05, 0) is 24.5 Å². The number of aldehydes is 1. The number of ether oxygens (including phenoxy) is 1. The molecule has 0 aromatic heterocycles. The van der Waals surface area contributed by atoms with Crippen LogP contribution in [0.3, 0.4) is 0 Å². The zero-order valence-corrected chi connectivity index (χ0v) is 11.9. The van der Waals surface area contributed by atoms with Crippen molar-refractivity contribution < 1.29 is 19.1 Å². The van der Waals surface area contributed by atoms with Crippen molar-refractivity contribution in [3.63, 3.8) is 0 Å². The molecule has 1 amide bonds. The Morgan fingerprint density at radius 3 is 2.30 bits per heavy atom. The van der Waals surface area contributed by atoms with E-state index in [-0.39, 0.29) is 11.8 Å². The lowest BCUT2D eigenvalue weighted by atomic mass is 10.0. The standard InChI is InChI=1S/C15H19NO4/c1-10(2)8-13(15(19)20-3)16-14(18)12-6-4-11(9-17)5-7-12/h4-7,9-10,13H,8H2,1-3H3,(H,16,18). The summed E-state index contributed by atoms with van der Waals surface area (Å²) in [6.07, 6.45) is 1.21. The third-order valence-electron chi connectivity index (χ3n) is 2.81. The van der Waals surface area contributed by atoms with Crippen LogP contribution < -0.4 is 5.32 Å². The lowest BCUT2D eigenvalue weighted by Crippen LogP contribution is -2.42. The topological polar surface area (TPSA) is 72.5 Å². The van der Waals surface area contributed by atoms with E-state index in [0.717, 1.165) is 0 Å². The van der Waals surface area contributed by atoms with Crippen molar-refractivity contribution in [1.29, 1.82) is 0 Å². The smallest absolute Gasteiger partial charge is 0.328 e. The lowest BCUT2D eigenvalue weighted by molar-refractivity contribution is -0.143. The van der Waals surface area contributed by atoms with Gasteiger partial charge in [0.05, 0.1) is 7.11 Å². The molecule has 0 radical (unpaired) electrons. The Bertz CT molecular complexity index is 479. The van der Waals surface area contributed by atoms with Gasteiger partial charge in [-0.1, -0.05) is 26.0 Å². The van der Waals surface area contributed by atoms with Gasteiger partial charge in [-0.25, -0.2) is 4.79 Å². The summed E-state index contributed by atoms with van der Waals surface area (Å²) in [6, 6.07) is 5.53. The van der Waals surface area contributed by atoms with E-state index in [1.54, 1.807) is 24.3 Å². The Kier molecular flexibility index (Phi) is 5.90. The number of hydrogen-bond donors (Lipinski definition) is 1. The zero-order chi connectivity index (χ0) is 15.1. The Morgan fingerprint density at radius 1 is 1.25 bits per heavy atom. The number of amides is 1. The molecule has 1 N–H and O–H groups in total. The van der Waals surface area contributed by atoms with E-state index in [2.05, 4.69) is 10.1 Å². The SMILES string of the molecule is COC(=O)C(CC(C)C)NC(=O)c1ccc(C=O)cc1. The molecule has 1 atom stereocenters. The van der Waals surface area contributed by atoms with E-state index >= 15 is 0 Å². The quantitative estimate of drug-likeness (QED) is 0.636. The average molecular weight is 277 g/mol. The van der Waals surface area contributed by atoms with Gasteiger partial charge in [0.2, 0.25) is 0 Å². The molecule has 1 aromatic rings. The van der Waals surface area contributed by atoms with Gasteiger partial charge in [-0.3, -0.25) is 9.59 Å². The molecule has 5 heteroatoms. The van der Waals surface area contributed by atoms with Crippen molar-refractivity contribution in [3.05, 3.63) is 35.4 Å². The van der Waals surface area contributed by atoms with Crippen LogP contribution in [0.1, 0.15) is 41.0 Å². The second kappa shape index (κ2) is 7.43. The molecule has 1 unspecified atom stereocenters. The fourth-order valence-corrected chi connectivity index (χ4v) is 1.78. The molecule has 5 nitrogen and oxygen atoms in total. The number of rotatable bonds is 6. The van der Waals surface area contributed by atoms with Gasteiger partial charge in [0.25, 0.3) is 5.91 Å². The fraction of sp³-hybridized carbons (Fsp3) is 0.400. The van der Waals surface area contributed by atoms with Crippen molar-refractivity contribution in [3.8, 4) is 0 Å². The third kappa shape index (κ3) is 4.50. The van der Waals surface area contributed by atoms with Crippen molar-refractivity contribution in [2.24, 2.45) is 5.92 Å². The first-order valence-corrected chi connectivity index (χ1v) is 6.41. The third-order valence-corrected chi connectivity index (χ3v) is 2.81. The minimum Gasteiger partial charge on any atom is -0.467 e. The average Bonchev–Trinajstić information content (AvgIpc) is 2.45. The number of hydrogen-bond acceptors (Lipinski definition) is 4. The molecular formula is C15H19NO4. The van der Waals surface area contributed by atoms with Crippen LogP contribution in [-0.4, -0.2) is 31.3 Å². The number of benzene rings is 1. The van der Waals surface area contributed by atoms with Gasteiger partial charge in [0.15, 0.2) is 0 Å². The van der Waals surface area contributed by atoms with Crippen LogP contribution in [0, 0.1) is 5.92 Å². The summed E-state index contributed by atoms with van der Waals surface area (Å²) >= 11 is 0. The maximum Gasteiger partial charge on any atom is 0.328 e. The van der Waals surface area contributed by atoms with Gasteiger partial charge in [0, 0.05) is 11.1 Å². The summed E-state index contributed by atoms with van der Waals surface area (Å²) in [7, 11) is 1.29. The van der Waals surface area contributed by atoms with E-state index in [9.17, 15) is 14.4 Å². The molecule has 0 spiro atoms. The minimum absolute atomic E-state index is 0.247. The Balaban J connectivity index is 2.78. The first kappa shape index (κ1) is 15.9. The fourth-order valence-electron chi connectivity index (χ4n) is 1.78. The molecule has 0 aliphatic heterocycles.